The van der Waals surface area contributed by atoms with E-state index in [2.05, 4.69) is 4.72 Å². The van der Waals surface area contributed by atoms with E-state index in [0.29, 0.717) is 13.0 Å². The second kappa shape index (κ2) is 5.83. The first-order valence-electron chi connectivity index (χ1n) is 5.46. The van der Waals surface area contributed by atoms with Crippen LogP contribution in [-0.4, -0.2) is 33.1 Å². The second-order valence-corrected chi connectivity index (χ2v) is 5.48. The Bertz CT molecular complexity index is 528. The summed E-state index contributed by atoms with van der Waals surface area (Å²) >= 11 is 0. The Balaban J connectivity index is 3.11. The van der Waals surface area contributed by atoms with Crippen LogP contribution in [0.2, 0.25) is 0 Å². The van der Waals surface area contributed by atoms with Crippen LogP contribution in [-0.2, 0) is 10.2 Å². The zero-order valence-electron chi connectivity index (χ0n) is 10.3. The zero-order valence-corrected chi connectivity index (χ0v) is 11.1. The van der Waals surface area contributed by atoms with Gasteiger partial charge in [0.25, 0.3) is 0 Å². The molecule has 0 fully saturated rings. The molecule has 0 aliphatic rings. The van der Waals surface area contributed by atoms with Crippen LogP contribution in [0.15, 0.2) is 24.3 Å². The molecule has 0 radical (unpaired) electrons. The lowest BCUT2D eigenvalue weighted by atomic mass is 10.2. The van der Waals surface area contributed by atoms with Gasteiger partial charge in [-0.1, -0.05) is 19.1 Å². The fraction of sp³-hybridized carbons (Fsp3) is 0.364. The van der Waals surface area contributed by atoms with Gasteiger partial charge in [-0.05, 0) is 18.6 Å². The normalized spacial score (nSPS) is 11.2. The smallest absolute Gasteiger partial charge is 0.337 e. The minimum atomic E-state index is -3.71. The number of carbonyl (C=O) groups is 1. The van der Waals surface area contributed by atoms with E-state index in [1.807, 2.05) is 6.92 Å². The zero-order chi connectivity index (χ0) is 13.8. The Kier molecular flexibility index (Phi) is 4.69. The third-order valence-corrected chi connectivity index (χ3v) is 3.86. The number of hydrogen-bond donors (Lipinski definition) is 2. The summed E-state index contributed by atoms with van der Waals surface area (Å²) < 4.78 is 27.1. The largest absolute Gasteiger partial charge is 0.478 e. The standard InChI is InChI=1S/C11H16N2O4S/c1-3-8-12-18(16,17)13(2)10-7-5-4-6-9(10)11(14)15/h4-7,12H,3,8H2,1-2H3,(H,14,15). The van der Waals surface area contributed by atoms with Gasteiger partial charge in [0, 0.05) is 13.6 Å². The number of rotatable bonds is 6. The molecule has 7 heteroatoms. The third kappa shape index (κ3) is 3.21. The summed E-state index contributed by atoms with van der Waals surface area (Å²) in [6, 6.07) is 5.96. The minimum absolute atomic E-state index is 0.0538. The Morgan fingerprint density at radius 3 is 2.56 bits per heavy atom. The molecule has 1 aromatic carbocycles. The van der Waals surface area contributed by atoms with Gasteiger partial charge >= 0.3 is 16.2 Å². The Morgan fingerprint density at radius 2 is 2.00 bits per heavy atom. The Morgan fingerprint density at radius 1 is 1.39 bits per heavy atom. The first-order valence-corrected chi connectivity index (χ1v) is 6.90. The summed E-state index contributed by atoms with van der Waals surface area (Å²) in [7, 11) is -2.39. The summed E-state index contributed by atoms with van der Waals surface area (Å²) in [4.78, 5) is 11.0. The van der Waals surface area contributed by atoms with Crippen molar-refractivity contribution in [3.05, 3.63) is 29.8 Å². The molecule has 1 rings (SSSR count). The van der Waals surface area contributed by atoms with Crippen molar-refractivity contribution in [2.24, 2.45) is 0 Å². The average Bonchev–Trinajstić information content (AvgIpc) is 2.35. The van der Waals surface area contributed by atoms with Gasteiger partial charge in [0.2, 0.25) is 0 Å². The highest BCUT2D eigenvalue weighted by atomic mass is 32.2. The van der Waals surface area contributed by atoms with E-state index in [4.69, 9.17) is 5.11 Å². The van der Waals surface area contributed by atoms with Crippen molar-refractivity contribution >= 4 is 21.9 Å². The fourth-order valence-corrected chi connectivity index (χ4v) is 2.46. The molecule has 0 atom stereocenters. The van der Waals surface area contributed by atoms with Crippen molar-refractivity contribution in [3.8, 4) is 0 Å². The van der Waals surface area contributed by atoms with Crippen LogP contribution < -0.4 is 9.03 Å². The van der Waals surface area contributed by atoms with E-state index in [-0.39, 0.29) is 11.3 Å². The van der Waals surface area contributed by atoms with Gasteiger partial charge < -0.3 is 5.11 Å². The Hall–Kier alpha value is -1.60. The second-order valence-electron chi connectivity index (χ2n) is 3.69. The molecule has 0 spiro atoms. The SMILES string of the molecule is CCCNS(=O)(=O)N(C)c1ccccc1C(=O)O. The highest BCUT2D eigenvalue weighted by Gasteiger charge is 2.21. The van der Waals surface area contributed by atoms with Crippen molar-refractivity contribution < 1.29 is 18.3 Å². The van der Waals surface area contributed by atoms with E-state index < -0.39 is 16.2 Å². The lowest BCUT2D eigenvalue weighted by molar-refractivity contribution is 0.0698. The number of nitrogens with one attached hydrogen (secondary N) is 1. The summed E-state index contributed by atoms with van der Waals surface area (Å²) in [5, 5.41) is 9.01. The topological polar surface area (TPSA) is 86.7 Å². The molecule has 6 nitrogen and oxygen atoms in total. The van der Waals surface area contributed by atoms with E-state index in [1.54, 1.807) is 12.1 Å². The maximum atomic E-state index is 11.9. The molecular weight excluding hydrogens is 256 g/mol. The molecular formula is C11H16N2O4S. The highest BCUT2D eigenvalue weighted by molar-refractivity contribution is 7.90. The number of carboxylic acid groups (broad SMARTS) is 1. The van der Waals surface area contributed by atoms with Gasteiger partial charge in [0.15, 0.2) is 0 Å². The van der Waals surface area contributed by atoms with E-state index in [0.717, 1.165) is 4.31 Å². The molecule has 0 saturated heterocycles. The van der Waals surface area contributed by atoms with Crippen molar-refractivity contribution in [2.45, 2.75) is 13.3 Å². The van der Waals surface area contributed by atoms with Gasteiger partial charge in [-0.25, -0.2) is 4.79 Å². The predicted molar refractivity (Wildman–Crippen MR) is 69.0 cm³/mol. The molecule has 0 unspecified atom stereocenters. The number of nitrogens with zero attached hydrogens (tertiary/aromatic N) is 1. The molecule has 2 N–H and O–H groups in total. The predicted octanol–water partition coefficient (Wildman–Crippen LogP) is 1.07. The number of hydrogen-bond acceptors (Lipinski definition) is 3. The van der Waals surface area contributed by atoms with Crippen molar-refractivity contribution in [3.63, 3.8) is 0 Å². The number of para-hydroxylation sites is 1. The van der Waals surface area contributed by atoms with Crippen molar-refractivity contribution in [2.75, 3.05) is 17.9 Å². The highest BCUT2D eigenvalue weighted by Crippen LogP contribution is 2.21. The molecule has 18 heavy (non-hydrogen) atoms. The molecule has 100 valence electrons. The first-order chi connectivity index (χ1) is 8.40. The quantitative estimate of drug-likeness (QED) is 0.811. The molecule has 0 heterocycles. The number of carboxylic acids is 1. The fourth-order valence-electron chi connectivity index (χ4n) is 1.39. The minimum Gasteiger partial charge on any atom is -0.478 e. The van der Waals surface area contributed by atoms with Crippen molar-refractivity contribution in [1.82, 2.24) is 4.72 Å². The number of aromatic carboxylic acids is 1. The van der Waals surface area contributed by atoms with Crippen LogP contribution >= 0.6 is 0 Å². The molecule has 0 aliphatic heterocycles. The van der Waals surface area contributed by atoms with Gasteiger partial charge in [-0.15, -0.1) is 0 Å². The molecule has 0 bridgehead atoms. The van der Waals surface area contributed by atoms with Gasteiger partial charge in [-0.3, -0.25) is 4.31 Å². The van der Waals surface area contributed by atoms with Crippen LogP contribution in [0.3, 0.4) is 0 Å². The summed E-state index contributed by atoms with van der Waals surface area (Å²) in [5.74, 6) is -1.16. The van der Waals surface area contributed by atoms with Crippen LogP contribution in [0.5, 0.6) is 0 Å². The number of benzene rings is 1. The maximum Gasteiger partial charge on any atom is 0.337 e. The van der Waals surface area contributed by atoms with Gasteiger partial charge in [0.05, 0.1) is 11.3 Å². The van der Waals surface area contributed by atoms with Crippen LogP contribution in [0.1, 0.15) is 23.7 Å². The lowest BCUT2D eigenvalue weighted by Gasteiger charge is -2.21. The van der Waals surface area contributed by atoms with Gasteiger partial charge in [0.1, 0.15) is 0 Å². The van der Waals surface area contributed by atoms with Crippen LogP contribution in [0.25, 0.3) is 0 Å². The first kappa shape index (κ1) is 14.5. The van der Waals surface area contributed by atoms with E-state index >= 15 is 0 Å². The monoisotopic (exact) mass is 272 g/mol. The molecule has 1 aromatic rings. The third-order valence-electron chi connectivity index (χ3n) is 2.37. The Labute approximate surface area is 106 Å². The summed E-state index contributed by atoms with van der Waals surface area (Å²) in [6.07, 6.45) is 0.660. The number of anilines is 1. The van der Waals surface area contributed by atoms with Crippen LogP contribution in [0.4, 0.5) is 5.69 Å². The lowest BCUT2D eigenvalue weighted by Crippen LogP contribution is -2.39. The van der Waals surface area contributed by atoms with E-state index in [1.165, 1.54) is 19.2 Å². The summed E-state index contributed by atoms with van der Waals surface area (Å²) in [5.41, 5.74) is 0.0791. The molecule has 0 amide bonds. The van der Waals surface area contributed by atoms with E-state index in [9.17, 15) is 13.2 Å². The molecule has 0 saturated carbocycles. The molecule has 0 aromatic heterocycles. The maximum absolute atomic E-state index is 11.9. The summed E-state index contributed by atoms with van der Waals surface area (Å²) in [6.45, 7) is 2.15. The average molecular weight is 272 g/mol. The van der Waals surface area contributed by atoms with Crippen LogP contribution in [0, 0.1) is 0 Å². The van der Waals surface area contributed by atoms with Gasteiger partial charge in [-0.2, -0.15) is 13.1 Å². The van der Waals surface area contributed by atoms with Crippen molar-refractivity contribution in [1.29, 1.82) is 0 Å². The molecule has 0 aliphatic carbocycles.